The lowest BCUT2D eigenvalue weighted by Gasteiger charge is -2.37. The van der Waals surface area contributed by atoms with Crippen molar-refractivity contribution in [2.24, 2.45) is 11.7 Å². The van der Waals surface area contributed by atoms with Crippen molar-refractivity contribution in [1.29, 1.82) is 0 Å². The molecule has 2 bridgehead atoms. The maximum atomic E-state index is 12.0. The first kappa shape index (κ1) is 8.72. The fourth-order valence-corrected chi connectivity index (χ4v) is 3.12. The van der Waals surface area contributed by atoms with Gasteiger partial charge in [-0.25, -0.2) is 0 Å². The molecule has 2 atom stereocenters. The molecule has 0 spiro atoms. The molecule has 2 N–H and O–H groups in total. The van der Waals surface area contributed by atoms with Crippen molar-refractivity contribution in [3.63, 3.8) is 0 Å². The van der Waals surface area contributed by atoms with Gasteiger partial charge in [0.05, 0.1) is 0 Å². The van der Waals surface area contributed by atoms with Gasteiger partial charge in [-0.1, -0.05) is 0 Å². The Kier molecular flexibility index (Phi) is 1.84. The van der Waals surface area contributed by atoms with Crippen molar-refractivity contribution in [3.05, 3.63) is 0 Å². The normalized spacial score (nSPS) is 41.5. The van der Waals surface area contributed by atoms with E-state index in [1.54, 1.807) is 0 Å². The molecule has 14 heavy (non-hydrogen) atoms. The molecule has 2 aliphatic heterocycles. The summed E-state index contributed by atoms with van der Waals surface area (Å²) in [5, 5.41) is 0. The Balaban J connectivity index is 1.77. The van der Waals surface area contributed by atoms with E-state index in [4.69, 9.17) is 5.73 Å². The summed E-state index contributed by atoms with van der Waals surface area (Å²) >= 11 is 0. The fourth-order valence-electron chi connectivity index (χ4n) is 3.12. The third kappa shape index (κ3) is 1.26. The highest BCUT2D eigenvalue weighted by molar-refractivity contribution is 5.82. The van der Waals surface area contributed by atoms with Gasteiger partial charge in [-0.2, -0.15) is 0 Å². The van der Waals surface area contributed by atoms with Crippen LogP contribution in [-0.2, 0) is 4.79 Å². The Morgan fingerprint density at radius 2 is 1.64 bits per heavy atom. The number of fused-ring (bicyclic) bond motifs is 2. The Morgan fingerprint density at radius 3 is 2.14 bits per heavy atom. The standard InChI is InChI=1S/C11H18N2O/c12-8-5-9-3-4-10(6-8)13(9)11(14)7-1-2-7/h7-10H,1-6,12H2. The molecule has 2 heterocycles. The number of piperidine rings is 1. The summed E-state index contributed by atoms with van der Waals surface area (Å²) in [6, 6.07) is 1.31. The van der Waals surface area contributed by atoms with Crippen LogP contribution in [0.25, 0.3) is 0 Å². The zero-order valence-corrected chi connectivity index (χ0v) is 8.48. The highest BCUT2D eigenvalue weighted by atomic mass is 16.2. The van der Waals surface area contributed by atoms with E-state index in [1.165, 1.54) is 12.8 Å². The number of carbonyl (C=O) groups is 1. The van der Waals surface area contributed by atoms with Gasteiger partial charge in [-0.3, -0.25) is 4.79 Å². The second-order valence-electron chi connectivity index (χ2n) is 5.14. The molecular weight excluding hydrogens is 176 g/mol. The average Bonchev–Trinajstić information content (AvgIpc) is 2.92. The van der Waals surface area contributed by atoms with Crippen molar-refractivity contribution < 1.29 is 4.79 Å². The molecular formula is C11H18N2O. The van der Waals surface area contributed by atoms with Crippen molar-refractivity contribution in [1.82, 2.24) is 4.90 Å². The smallest absolute Gasteiger partial charge is 0.226 e. The van der Waals surface area contributed by atoms with E-state index in [-0.39, 0.29) is 0 Å². The van der Waals surface area contributed by atoms with E-state index in [1.807, 2.05) is 0 Å². The molecule has 3 fully saturated rings. The van der Waals surface area contributed by atoms with Crippen LogP contribution in [0, 0.1) is 5.92 Å². The highest BCUT2D eigenvalue weighted by Gasteiger charge is 2.46. The molecule has 0 radical (unpaired) electrons. The fraction of sp³-hybridized carbons (Fsp3) is 0.909. The summed E-state index contributed by atoms with van der Waals surface area (Å²) in [6.45, 7) is 0. The number of carbonyl (C=O) groups excluding carboxylic acids is 1. The minimum atomic E-state index is 0.343. The Bertz CT molecular complexity index is 248. The van der Waals surface area contributed by atoms with Gasteiger partial charge in [0.25, 0.3) is 0 Å². The minimum Gasteiger partial charge on any atom is -0.336 e. The van der Waals surface area contributed by atoms with Crippen LogP contribution in [0.15, 0.2) is 0 Å². The molecule has 2 unspecified atom stereocenters. The van der Waals surface area contributed by atoms with E-state index in [0.717, 1.165) is 25.7 Å². The second-order valence-corrected chi connectivity index (χ2v) is 5.14. The maximum absolute atomic E-state index is 12.0. The lowest BCUT2D eigenvalue weighted by atomic mass is 9.97. The van der Waals surface area contributed by atoms with Gasteiger partial charge < -0.3 is 10.6 Å². The lowest BCUT2D eigenvalue weighted by Crippen LogP contribution is -2.50. The van der Waals surface area contributed by atoms with E-state index in [0.29, 0.717) is 30.0 Å². The van der Waals surface area contributed by atoms with Crippen LogP contribution in [0.3, 0.4) is 0 Å². The largest absolute Gasteiger partial charge is 0.336 e. The first-order valence-electron chi connectivity index (χ1n) is 5.83. The van der Waals surface area contributed by atoms with Crippen molar-refractivity contribution in [3.8, 4) is 0 Å². The number of hydrogen-bond donors (Lipinski definition) is 1. The summed E-state index contributed by atoms with van der Waals surface area (Å²) in [5.41, 5.74) is 5.97. The van der Waals surface area contributed by atoms with Gasteiger partial charge in [-0.05, 0) is 38.5 Å². The summed E-state index contributed by atoms with van der Waals surface area (Å²) in [7, 11) is 0. The maximum Gasteiger partial charge on any atom is 0.226 e. The molecule has 3 nitrogen and oxygen atoms in total. The van der Waals surface area contributed by atoms with Gasteiger partial charge in [0.1, 0.15) is 0 Å². The predicted molar refractivity (Wildman–Crippen MR) is 53.6 cm³/mol. The van der Waals surface area contributed by atoms with Gasteiger partial charge in [0.2, 0.25) is 5.91 Å². The highest BCUT2D eigenvalue weighted by Crippen LogP contribution is 2.40. The summed E-state index contributed by atoms with van der Waals surface area (Å²) in [6.07, 6.45) is 6.71. The molecule has 0 aromatic heterocycles. The zero-order valence-electron chi connectivity index (χ0n) is 8.48. The molecule has 1 saturated carbocycles. The van der Waals surface area contributed by atoms with Crippen LogP contribution >= 0.6 is 0 Å². The molecule has 78 valence electrons. The monoisotopic (exact) mass is 194 g/mol. The van der Waals surface area contributed by atoms with Crippen LogP contribution in [-0.4, -0.2) is 28.9 Å². The SMILES string of the molecule is NC1CC2CCC(C1)N2C(=O)C1CC1. The number of hydrogen-bond acceptors (Lipinski definition) is 2. The van der Waals surface area contributed by atoms with Gasteiger partial charge >= 0.3 is 0 Å². The van der Waals surface area contributed by atoms with Gasteiger partial charge in [0.15, 0.2) is 0 Å². The minimum absolute atomic E-state index is 0.343. The molecule has 3 heteroatoms. The molecule has 0 aromatic carbocycles. The molecule has 3 rings (SSSR count). The number of nitrogens with zero attached hydrogens (tertiary/aromatic N) is 1. The summed E-state index contributed by atoms with van der Waals surface area (Å²) in [5.74, 6) is 0.817. The van der Waals surface area contributed by atoms with Crippen LogP contribution in [0.1, 0.15) is 38.5 Å². The number of rotatable bonds is 1. The van der Waals surface area contributed by atoms with Gasteiger partial charge in [0, 0.05) is 24.0 Å². The number of nitrogens with two attached hydrogens (primary N) is 1. The second kappa shape index (κ2) is 2.96. The lowest BCUT2D eigenvalue weighted by molar-refractivity contribution is -0.137. The quantitative estimate of drug-likeness (QED) is 0.673. The van der Waals surface area contributed by atoms with Crippen LogP contribution < -0.4 is 5.73 Å². The van der Waals surface area contributed by atoms with E-state index < -0.39 is 0 Å². The first-order chi connectivity index (χ1) is 6.75. The Hall–Kier alpha value is -0.570. The van der Waals surface area contributed by atoms with Crippen LogP contribution in [0.5, 0.6) is 0 Å². The van der Waals surface area contributed by atoms with Crippen molar-refractivity contribution >= 4 is 5.91 Å². The third-order valence-corrected chi connectivity index (χ3v) is 3.95. The number of amides is 1. The molecule has 3 aliphatic rings. The third-order valence-electron chi connectivity index (χ3n) is 3.95. The Morgan fingerprint density at radius 1 is 1.07 bits per heavy atom. The molecule has 1 amide bonds. The zero-order chi connectivity index (χ0) is 9.71. The van der Waals surface area contributed by atoms with E-state index in [9.17, 15) is 4.79 Å². The summed E-state index contributed by atoms with van der Waals surface area (Å²) in [4.78, 5) is 14.2. The van der Waals surface area contributed by atoms with E-state index in [2.05, 4.69) is 4.90 Å². The first-order valence-corrected chi connectivity index (χ1v) is 5.83. The Labute approximate surface area is 84.6 Å². The molecule has 2 saturated heterocycles. The average molecular weight is 194 g/mol. The van der Waals surface area contributed by atoms with Crippen LogP contribution in [0.2, 0.25) is 0 Å². The molecule has 1 aliphatic carbocycles. The topological polar surface area (TPSA) is 46.3 Å². The molecule has 0 aromatic rings. The van der Waals surface area contributed by atoms with Gasteiger partial charge in [-0.15, -0.1) is 0 Å². The van der Waals surface area contributed by atoms with E-state index >= 15 is 0 Å². The van der Waals surface area contributed by atoms with Crippen molar-refractivity contribution in [2.75, 3.05) is 0 Å². The van der Waals surface area contributed by atoms with Crippen LogP contribution in [0.4, 0.5) is 0 Å². The van der Waals surface area contributed by atoms with Crippen molar-refractivity contribution in [2.45, 2.75) is 56.7 Å². The predicted octanol–water partition coefficient (Wildman–Crippen LogP) is 0.877. The summed E-state index contributed by atoms with van der Waals surface area (Å²) < 4.78 is 0.